The van der Waals surface area contributed by atoms with E-state index < -0.39 is 76.8 Å². The predicted molar refractivity (Wildman–Crippen MR) is 111 cm³/mol. The summed E-state index contributed by atoms with van der Waals surface area (Å²) in [6.07, 6.45) is 0.310. The molecule has 0 saturated carbocycles. The summed E-state index contributed by atoms with van der Waals surface area (Å²) in [5, 5.41) is 0. The fourth-order valence-corrected chi connectivity index (χ4v) is 4.37. The van der Waals surface area contributed by atoms with Crippen molar-refractivity contribution in [1.82, 2.24) is 0 Å². The van der Waals surface area contributed by atoms with Crippen LogP contribution < -0.4 is 0 Å². The molecule has 0 fully saturated rings. The molecule has 0 amide bonds. The fourth-order valence-electron chi connectivity index (χ4n) is 1.56. The zero-order valence-electron chi connectivity index (χ0n) is 16.9. The summed E-state index contributed by atoms with van der Waals surface area (Å²) in [5.41, 5.74) is 0. The van der Waals surface area contributed by atoms with Crippen LogP contribution in [-0.2, 0) is 49.9 Å². The Morgan fingerprint density at radius 1 is 0.625 bits per heavy atom. The van der Waals surface area contributed by atoms with Crippen LogP contribution in [0.2, 0.25) is 0 Å². The first-order valence-electron chi connectivity index (χ1n) is 8.78. The Morgan fingerprint density at radius 2 is 0.969 bits per heavy atom. The minimum Gasteiger partial charge on any atom is -0.303 e. The SMILES string of the molecule is CCC(COP(=O)(O)O)COP(=O)(O)OCCOP(=O)(O)OCCOP(=O)(O)OCCS. The highest BCUT2D eigenvalue weighted by atomic mass is 32.1. The molecule has 0 rings (SSSR count). The molecular weight excluding hydrogens is 544 g/mol. The summed E-state index contributed by atoms with van der Waals surface area (Å²) in [4.78, 5) is 45.5. The van der Waals surface area contributed by atoms with E-state index in [1.165, 1.54) is 0 Å². The lowest BCUT2D eigenvalue weighted by atomic mass is 10.1. The molecule has 0 aromatic heterocycles. The minimum atomic E-state index is -4.70. The summed E-state index contributed by atoms with van der Waals surface area (Å²) >= 11 is 3.77. The molecule has 0 aromatic rings. The molecule has 5 N–H and O–H groups in total. The third-order valence-electron chi connectivity index (χ3n) is 3.06. The van der Waals surface area contributed by atoms with Gasteiger partial charge in [0, 0.05) is 11.7 Å². The monoisotopic (exact) mass is 572 g/mol. The number of rotatable bonds is 20. The fraction of sp³-hybridized carbons (Fsp3) is 1.00. The highest BCUT2D eigenvalue weighted by molar-refractivity contribution is 7.80. The lowest BCUT2D eigenvalue weighted by molar-refractivity contribution is 0.0785. The normalized spacial score (nSPS) is 19.1. The van der Waals surface area contributed by atoms with Crippen molar-refractivity contribution >= 4 is 43.9 Å². The summed E-state index contributed by atoms with van der Waals surface area (Å²) < 4.78 is 76.8. The van der Waals surface area contributed by atoms with Crippen molar-refractivity contribution in [3.8, 4) is 0 Å². The first-order valence-corrected chi connectivity index (χ1v) is 15.4. The van der Waals surface area contributed by atoms with Gasteiger partial charge in [0.05, 0.1) is 46.2 Å². The van der Waals surface area contributed by atoms with Crippen LogP contribution in [0.15, 0.2) is 0 Å². The topological polar surface area (TPSA) is 234 Å². The lowest BCUT2D eigenvalue weighted by Gasteiger charge is -2.18. The summed E-state index contributed by atoms with van der Waals surface area (Å²) in [6.45, 7) is -1.87. The van der Waals surface area contributed by atoms with Gasteiger partial charge in [-0.25, -0.2) is 18.3 Å². The summed E-state index contributed by atoms with van der Waals surface area (Å²) in [6, 6.07) is 0. The molecule has 0 aliphatic heterocycles. The van der Waals surface area contributed by atoms with Gasteiger partial charge in [0.1, 0.15) is 0 Å². The largest absolute Gasteiger partial charge is 0.472 e. The van der Waals surface area contributed by atoms with E-state index in [1.54, 1.807) is 6.92 Å². The van der Waals surface area contributed by atoms with Crippen LogP contribution in [0.25, 0.3) is 0 Å². The molecular formula is C11H28O16P4S. The summed E-state index contributed by atoms with van der Waals surface area (Å²) in [5.74, 6) is -0.448. The van der Waals surface area contributed by atoms with E-state index in [9.17, 15) is 32.9 Å². The van der Waals surface area contributed by atoms with Gasteiger partial charge in [-0.2, -0.15) is 12.6 Å². The maximum absolute atomic E-state index is 11.8. The Balaban J connectivity index is 4.15. The summed E-state index contributed by atoms with van der Waals surface area (Å²) in [7, 11) is -18.3. The molecule has 16 nitrogen and oxygen atoms in total. The molecule has 0 aliphatic rings. The van der Waals surface area contributed by atoms with Crippen LogP contribution in [0.5, 0.6) is 0 Å². The molecule has 0 saturated heterocycles. The smallest absolute Gasteiger partial charge is 0.303 e. The van der Waals surface area contributed by atoms with Crippen molar-refractivity contribution in [3.63, 3.8) is 0 Å². The number of hydrogen-bond donors (Lipinski definition) is 6. The van der Waals surface area contributed by atoms with E-state index in [0.29, 0.717) is 6.42 Å². The third-order valence-corrected chi connectivity index (χ3v) is 6.75. The van der Waals surface area contributed by atoms with Gasteiger partial charge in [-0.1, -0.05) is 6.92 Å². The number of phosphoric acid groups is 4. The quantitative estimate of drug-likeness (QED) is 0.0688. The third kappa shape index (κ3) is 19.1. The average molecular weight is 572 g/mol. The van der Waals surface area contributed by atoms with Gasteiger partial charge in [-0.05, 0) is 6.42 Å². The second-order valence-electron chi connectivity index (χ2n) is 5.65. The van der Waals surface area contributed by atoms with Gasteiger partial charge in [0.2, 0.25) is 0 Å². The van der Waals surface area contributed by atoms with Gasteiger partial charge in [-0.15, -0.1) is 0 Å². The van der Waals surface area contributed by atoms with E-state index in [1.807, 2.05) is 0 Å². The second-order valence-corrected chi connectivity index (χ2v) is 11.7. The van der Waals surface area contributed by atoms with Crippen molar-refractivity contribution in [2.45, 2.75) is 13.3 Å². The van der Waals surface area contributed by atoms with E-state index in [2.05, 4.69) is 44.3 Å². The van der Waals surface area contributed by atoms with Crippen molar-refractivity contribution in [3.05, 3.63) is 0 Å². The molecule has 0 radical (unpaired) electrons. The zero-order valence-corrected chi connectivity index (χ0v) is 21.4. The second kappa shape index (κ2) is 15.7. The number of phosphoric ester groups is 4. The average Bonchev–Trinajstić information content (AvgIpc) is 2.66. The van der Waals surface area contributed by atoms with Gasteiger partial charge in [0.25, 0.3) is 0 Å². The van der Waals surface area contributed by atoms with Gasteiger partial charge in [0.15, 0.2) is 0 Å². The molecule has 0 aromatic carbocycles. The minimum absolute atomic E-state index is 0.155. The maximum Gasteiger partial charge on any atom is 0.472 e. The van der Waals surface area contributed by atoms with Gasteiger partial charge < -0.3 is 24.5 Å². The van der Waals surface area contributed by atoms with Crippen molar-refractivity contribution in [2.24, 2.45) is 5.92 Å². The van der Waals surface area contributed by atoms with Gasteiger partial charge in [-0.3, -0.25) is 31.7 Å². The molecule has 32 heavy (non-hydrogen) atoms. The zero-order chi connectivity index (χ0) is 24.9. The molecule has 0 aliphatic carbocycles. The molecule has 194 valence electrons. The Hall–Kier alpha value is 0.790. The maximum atomic E-state index is 11.8. The van der Waals surface area contributed by atoms with Crippen molar-refractivity contribution < 1.29 is 74.4 Å². The van der Waals surface area contributed by atoms with Crippen LogP contribution in [0.3, 0.4) is 0 Å². The molecule has 4 unspecified atom stereocenters. The van der Waals surface area contributed by atoms with Crippen molar-refractivity contribution in [1.29, 1.82) is 0 Å². The van der Waals surface area contributed by atoms with Crippen LogP contribution in [0, 0.1) is 5.92 Å². The van der Waals surface area contributed by atoms with E-state index in [-0.39, 0.29) is 12.4 Å². The van der Waals surface area contributed by atoms with E-state index in [4.69, 9.17) is 9.79 Å². The van der Waals surface area contributed by atoms with Crippen LogP contribution in [0.1, 0.15) is 13.3 Å². The highest BCUT2D eigenvalue weighted by Gasteiger charge is 2.27. The lowest BCUT2D eigenvalue weighted by Crippen LogP contribution is -2.15. The number of thiol groups is 1. The predicted octanol–water partition coefficient (Wildman–Crippen LogP) is 1.45. The van der Waals surface area contributed by atoms with Crippen LogP contribution >= 0.6 is 43.9 Å². The molecule has 0 bridgehead atoms. The Morgan fingerprint density at radius 3 is 1.31 bits per heavy atom. The highest BCUT2D eigenvalue weighted by Crippen LogP contribution is 2.47. The number of hydrogen-bond acceptors (Lipinski definition) is 12. The van der Waals surface area contributed by atoms with Crippen LogP contribution in [-0.4, -0.2) is 76.5 Å². The molecule has 21 heteroatoms. The molecule has 0 spiro atoms. The van der Waals surface area contributed by atoms with Gasteiger partial charge >= 0.3 is 31.3 Å². The Labute approximate surface area is 190 Å². The van der Waals surface area contributed by atoms with E-state index in [0.717, 1.165) is 0 Å². The first kappa shape index (κ1) is 32.8. The van der Waals surface area contributed by atoms with Crippen molar-refractivity contribution in [2.75, 3.05) is 52.0 Å². The standard InChI is InChI=1S/C11H28O16P4S/c1-2-11(9-26-28(12,13)14)10-27-31(19,20)24-6-5-22-29(15,16)21-3-4-23-30(17,18)25-7-8-32/h11,32H,2-10H2,1H3,(H,15,16)(H,17,18)(H,19,20)(H2,12,13,14). The Kier molecular flexibility index (Phi) is 16.1. The van der Waals surface area contributed by atoms with E-state index >= 15 is 0 Å². The Bertz CT molecular complexity index is 714. The van der Waals surface area contributed by atoms with Crippen LogP contribution in [0.4, 0.5) is 0 Å². The first-order chi connectivity index (χ1) is 14.6. The molecule has 4 atom stereocenters. The molecule has 0 heterocycles.